The number of hydrogen-bond acceptors (Lipinski definition) is 1. The summed E-state index contributed by atoms with van der Waals surface area (Å²) in [6.07, 6.45) is 4.98. The topological polar surface area (TPSA) is 20.2 Å². The Labute approximate surface area is 69.1 Å². The Hall–Kier alpha value is -0.300. The lowest BCUT2D eigenvalue weighted by atomic mass is 9.72. The monoisotopic (exact) mass is 154 g/mol. The number of hydrogen-bond donors (Lipinski definition) is 1. The van der Waals surface area contributed by atoms with Crippen LogP contribution >= 0.6 is 0 Å². The minimum atomic E-state index is -0.586. The van der Waals surface area contributed by atoms with Crippen LogP contribution in [0.25, 0.3) is 0 Å². The molecule has 1 aliphatic rings. The first kappa shape index (κ1) is 8.79. The zero-order chi connectivity index (χ0) is 8.48. The summed E-state index contributed by atoms with van der Waals surface area (Å²) in [5.74, 6) is 1.03. The molecule has 1 nitrogen and oxygen atoms in total. The molecule has 0 saturated heterocycles. The van der Waals surface area contributed by atoms with Gasteiger partial charge in [-0.3, -0.25) is 0 Å². The van der Waals surface area contributed by atoms with Gasteiger partial charge in [0.2, 0.25) is 0 Å². The van der Waals surface area contributed by atoms with Crippen LogP contribution in [0.2, 0.25) is 0 Å². The molecule has 1 fully saturated rings. The summed E-state index contributed by atoms with van der Waals surface area (Å²) in [5.41, 5.74) is -0.586. The van der Waals surface area contributed by atoms with Gasteiger partial charge in [-0.25, -0.2) is 0 Å². The van der Waals surface area contributed by atoms with Crippen molar-refractivity contribution in [1.29, 1.82) is 0 Å². The van der Waals surface area contributed by atoms with E-state index in [1.807, 2.05) is 0 Å². The van der Waals surface area contributed by atoms with Gasteiger partial charge in [0.25, 0.3) is 0 Å². The maximum Gasteiger partial charge on any atom is 0.0853 e. The van der Waals surface area contributed by atoms with Gasteiger partial charge in [-0.05, 0) is 24.7 Å². The summed E-state index contributed by atoms with van der Waals surface area (Å²) >= 11 is 0. The average Bonchev–Trinajstić information content (AvgIpc) is 1.98. The normalized spacial score (nSPS) is 45.4. The van der Waals surface area contributed by atoms with Crippen LogP contribution in [-0.2, 0) is 0 Å². The highest BCUT2D eigenvalue weighted by Gasteiger charge is 2.35. The van der Waals surface area contributed by atoms with E-state index in [1.165, 1.54) is 6.42 Å². The molecular weight excluding hydrogens is 136 g/mol. The maximum atomic E-state index is 10.0. The van der Waals surface area contributed by atoms with E-state index in [2.05, 4.69) is 20.4 Å². The van der Waals surface area contributed by atoms with Crippen LogP contribution in [0.3, 0.4) is 0 Å². The molecule has 0 heterocycles. The van der Waals surface area contributed by atoms with E-state index < -0.39 is 5.60 Å². The minimum absolute atomic E-state index is 0.385. The highest BCUT2D eigenvalue weighted by atomic mass is 16.3. The van der Waals surface area contributed by atoms with Gasteiger partial charge in [0.15, 0.2) is 0 Å². The minimum Gasteiger partial charge on any atom is -0.386 e. The van der Waals surface area contributed by atoms with Gasteiger partial charge >= 0.3 is 0 Å². The SMILES string of the molecule is C=CC1(O)CC(C)CCC1C. The highest BCUT2D eigenvalue weighted by molar-refractivity contribution is 5.02. The molecule has 1 heteroatoms. The van der Waals surface area contributed by atoms with Gasteiger partial charge in [0.05, 0.1) is 5.60 Å². The van der Waals surface area contributed by atoms with E-state index in [-0.39, 0.29) is 0 Å². The summed E-state index contributed by atoms with van der Waals surface area (Å²) in [6.45, 7) is 7.99. The molecule has 0 radical (unpaired) electrons. The van der Waals surface area contributed by atoms with Crippen LogP contribution in [0, 0.1) is 11.8 Å². The van der Waals surface area contributed by atoms with Crippen molar-refractivity contribution in [3.63, 3.8) is 0 Å². The molecule has 11 heavy (non-hydrogen) atoms. The predicted molar refractivity (Wildman–Crippen MR) is 47.3 cm³/mol. The molecule has 0 amide bonds. The van der Waals surface area contributed by atoms with Crippen molar-refractivity contribution < 1.29 is 5.11 Å². The van der Waals surface area contributed by atoms with Gasteiger partial charge in [-0.1, -0.05) is 26.3 Å². The Morgan fingerprint density at radius 1 is 1.45 bits per heavy atom. The second-order valence-corrected chi connectivity index (χ2v) is 3.98. The van der Waals surface area contributed by atoms with Crippen molar-refractivity contribution in [3.8, 4) is 0 Å². The zero-order valence-electron chi connectivity index (χ0n) is 7.51. The van der Waals surface area contributed by atoms with Crippen molar-refractivity contribution in [3.05, 3.63) is 12.7 Å². The fraction of sp³-hybridized carbons (Fsp3) is 0.800. The van der Waals surface area contributed by atoms with E-state index in [1.54, 1.807) is 6.08 Å². The second kappa shape index (κ2) is 2.98. The van der Waals surface area contributed by atoms with Gasteiger partial charge in [-0.2, -0.15) is 0 Å². The smallest absolute Gasteiger partial charge is 0.0853 e. The maximum absolute atomic E-state index is 10.0. The van der Waals surface area contributed by atoms with Crippen molar-refractivity contribution in [2.24, 2.45) is 11.8 Å². The molecule has 64 valence electrons. The largest absolute Gasteiger partial charge is 0.386 e. The lowest BCUT2D eigenvalue weighted by molar-refractivity contribution is -0.0140. The predicted octanol–water partition coefficient (Wildman–Crippen LogP) is 2.36. The lowest BCUT2D eigenvalue weighted by Gasteiger charge is -2.38. The van der Waals surface area contributed by atoms with Crippen molar-refractivity contribution >= 4 is 0 Å². The van der Waals surface area contributed by atoms with Gasteiger partial charge in [-0.15, -0.1) is 6.58 Å². The second-order valence-electron chi connectivity index (χ2n) is 3.98. The Balaban J connectivity index is 2.67. The Morgan fingerprint density at radius 3 is 2.55 bits per heavy atom. The van der Waals surface area contributed by atoms with Crippen molar-refractivity contribution in [2.75, 3.05) is 0 Å². The van der Waals surface area contributed by atoms with Gasteiger partial charge in [0.1, 0.15) is 0 Å². The van der Waals surface area contributed by atoms with Crippen LogP contribution in [0.5, 0.6) is 0 Å². The number of aliphatic hydroxyl groups is 1. The fourth-order valence-electron chi connectivity index (χ4n) is 1.93. The standard InChI is InChI=1S/C10H18O/c1-4-10(11)7-8(2)5-6-9(10)3/h4,8-9,11H,1,5-7H2,2-3H3. The first-order valence-corrected chi connectivity index (χ1v) is 4.44. The first-order chi connectivity index (χ1) is 5.08. The Morgan fingerprint density at radius 2 is 2.09 bits per heavy atom. The third-order valence-corrected chi connectivity index (χ3v) is 2.97. The van der Waals surface area contributed by atoms with Crippen LogP contribution in [0.1, 0.15) is 33.1 Å². The van der Waals surface area contributed by atoms with Crippen molar-refractivity contribution in [2.45, 2.75) is 38.7 Å². The summed E-state index contributed by atoms with van der Waals surface area (Å²) in [5, 5.41) is 10.0. The molecule has 0 aromatic heterocycles. The molecule has 0 spiro atoms. The molecule has 0 bridgehead atoms. The molecule has 0 aromatic rings. The highest BCUT2D eigenvalue weighted by Crippen LogP contribution is 2.37. The van der Waals surface area contributed by atoms with E-state index >= 15 is 0 Å². The average molecular weight is 154 g/mol. The third kappa shape index (κ3) is 1.64. The molecule has 3 atom stereocenters. The van der Waals surface area contributed by atoms with Crippen LogP contribution in [0.4, 0.5) is 0 Å². The third-order valence-electron chi connectivity index (χ3n) is 2.97. The van der Waals surface area contributed by atoms with Gasteiger partial charge in [0, 0.05) is 0 Å². The van der Waals surface area contributed by atoms with Crippen molar-refractivity contribution in [1.82, 2.24) is 0 Å². The quantitative estimate of drug-likeness (QED) is 0.575. The Kier molecular flexibility index (Phi) is 2.38. The summed E-state index contributed by atoms with van der Waals surface area (Å²) in [6, 6.07) is 0. The van der Waals surface area contributed by atoms with E-state index in [0.29, 0.717) is 11.8 Å². The van der Waals surface area contributed by atoms with E-state index in [4.69, 9.17) is 0 Å². The van der Waals surface area contributed by atoms with E-state index in [0.717, 1.165) is 12.8 Å². The molecule has 1 rings (SSSR count). The molecule has 1 saturated carbocycles. The molecule has 1 N–H and O–H groups in total. The summed E-state index contributed by atoms with van der Waals surface area (Å²) in [7, 11) is 0. The molecular formula is C10H18O. The van der Waals surface area contributed by atoms with Crippen LogP contribution in [0.15, 0.2) is 12.7 Å². The summed E-state index contributed by atoms with van der Waals surface area (Å²) < 4.78 is 0. The van der Waals surface area contributed by atoms with E-state index in [9.17, 15) is 5.11 Å². The molecule has 0 aromatic carbocycles. The first-order valence-electron chi connectivity index (χ1n) is 4.44. The Bertz CT molecular complexity index is 153. The van der Waals surface area contributed by atoms with Crippen LogP contribution < -0.4 is 0 Å². The number of rotatable bonds is 1. The summed E-state index contributed by atoms with van der Waals surface area (Å²) in [4.78, 5) is 0. The molecule has 1 aliphatic carbocycles. The fourth-order valence-corrected chi connectivity index (χ4v) is 1.93. The zero-order valence-corrected chi connectivity index (χ0v) is 7.51. The molecule has 3 unspecified atom stereocenters. The van der Waals surface area contributed by atoms with Crippen LogP contribution in [-0.4, -0.2) is 10.7 Å². The lowest BCUT2D eigenvalue weighted by Crippen LogP contribution is -2.39. The molecule has 0 aliphatic heterocycles. The van der Waals surface area contributed by atoms with Gasteiger partial charge < -0.3 is 5.11 Å².